The van der Waals surface area contributed by atoms with Gasteiger partial charge in [0.15, 0.2) is 0 Å². The molecule has 0 unspecified atom stereocenters. The molecule has 0 saturated carbocycles. The molecule has 1 saturated heterocycles. The van der Waals surface area contributed by atoms with Gasteiger partial charge in [-0.25, -0.2) is 0 Å². The Morgan fingerprint density at radius 3 is 2.50 bits per heavy atom. The van der Waals surface area contributed by atoms with E-state index in [0.717, 1.165) is 5.56 Å². The Morgan fingerprint density at radius 2 is 1.91 bits per heavy atom. The van der Waals surface area contributed by atoms with Crippen LogP contribution in [0, 0.1) is 6.92 Å². The topological polar surface area (TPSA) is 72.9 Å². The predicted octanol–water partition coefficient (Wildman–Crippen LogP) is 0.595. The molecule has 120 valence electrons. The van der Waals surface area contributed by atoms with E-state index in [9.17, 15) is 14.7 Å². The summed E-state index contributed by atoms with van der Waals surface area (Å²) in [6.45, 7) is 7.20. The Labute approximate surface area is 130 Å². The zero-order valence-electron chi connectivity index (χ0n) is 13.1. The number of nitrogens with one attached hydrogen (secondary N) is 1. The smallest absolute Gasteiger partial charge is 0.257 e. The van der Waals surface area contributed by atoms with Gasteiger partial charge in [-0.05, 0) is 31.5 Å². The Balaban J connectivity index is 1.91. The summed E-state index contributed by atoms with van der Waals surface area (Å²) < 4.78 is 0. The maximum absolute atomic E-state index is 12.4. The monoisotopic (exact) mass is 305 g/mol. The van der Waals surface area contributed by atoms with E-state index in [0.29, 0.717) is 44.8 Å². The lowest BCUT2D eigenvalue weighted by Gasteiger charge is -2.34. The van der Waals surface area contributed by atoms with E-state index in [4.69, 9.17) is 0 Å². The van der Waals surface area contributed by atoms with Crippen molar-refractivity contribution in [2.75, 3.05) is 39.3 Å². The van der Waals surface area contributed by atoms with E-state index in [1.807, 2.05) is 24.8 Å². The molecule has 0 atom stereocenters. The van der Waals surface area contributed by atoms with Gasteiger partial charge in [0.25, 0.3) is 5.91 Å². The molecule has 1 aromatic carbocycles. The van der Waals surface area contributed by atoms with Crippen molar-refractivity contribution in [1.82, 2.24) is 15.1 Å². The molecule has 6 heteroatoms. The summed E-state index contributed by atoms with van der Waals surface area (Å²) in [6, 6.07) is 5.07. The molecule has 1 aliphatic rings. The molecule has 0 radical (unpaired) electrons. The molecule has 0 aliphatic carbocycles. The van der Waals surface area contributed by atoms with Crippen molar-refractivity contribution < 1.29 is 14.7 Å². The number of hydrogen-bond acceptors (Lipinski definition) is 4. The van der Waals surface area contributed by atoms with Gasteiger partial charge >= 0.3 is 0 Å². The first kappa shape index (κ1) is 16.3. The summed E-state index contributed by atoms with van der Waals surface area (Å²) >= 11 is 0. The molecule has 22 heavy (non-hydrogen) atoms. The van der Waals surface area contributed by atoms with E-state index < -0.39 is 0 Å². The van der Waals surface area contributed by atoms with Gasteiger partial charge in [0.1, 0.15) is 5.75 Å². The summed E-state index contributed by atoms with van der Waals surface area (Å²) in [4.78, 5) is 27.7. The van der Waals surface area contributed by atoms with Gasteiger partial charge in [0.05, 0.1) is 12.1 Å². The largest absolute Gasteiger partial charge is 0.507 e. The minimum atomic E-state index is -0.157. The van der Waals surface area contributed by atoms with Crippen LogP contribution in [-0.2, 0) is 4.79 Å². The van der Waals surface area contributed by atoms with Crippen LogP contribution in [0.15, 0.2) is 18.2 Å². The van der Waals surface area contributed by atoms with E-state index >= 15 is 0 Å². The maximum atomic E-state index is 12.4. The number of piperazine rings is 1. The fraction of sp³-hybridized carbons (Fsp3) is 0.500. The molecule has 0 bridgehead atoms. The molecule has 2 amide bonds. The van der Waals surface area contributed by atoms with Crippen molar-refractivity contribution >= 4 is 11.8 Å². The number of aromatic hydroxyl groups is 1. The number of hydrogen-bond donors (Lipinski definition) is 2. The summed E-state index contributed by atoms with van der Waals surface area (Å²) in [7, 11) is 0. The average Bonchev–Trinajstić information content (AvgIpc) is 2.47. The molecule has 1 heterocycles. The van der Waals surface area contributed by atoms with Crippen LogP contribution in [0.5, 0.6) is 5.75 Å². The number of likely N-dealkylation sites (N-methyl/N-ethyl adjacent to an activating group) is 1. The van der Waals surface area contributed by atoms with Gasteiger partial charge in [-0.2, -0.15) is 0 Å². The van der Waals surface area contributed by atoms with E-state index in [-0.39, 0.29) is 17.6 Å². The Morgan fingerprint density at radius 1 is 1.23 bits per heavy atom. The highest BCUT2D eigenvalue weighted by molar-refractivity contribution is 5.97. The van der Waals surface area contributed by atoms with Crippen LogP contribution in [0.2, 0.25) is 0 Å². The molecule has 1 aliphatic heterocycles. The van der Waals surface area contributed by atoms with Crippen LogP contribution in [0.25, 0.3) is 0 Å². The van der Waals surface area contributed by atoms with Crippen molar-refractivity contribution in [3.05, 3.63) is 29.3 Å². The highest BCUT2D eigenvalue weighted by Gasteiger charge is 2.24. The molecule has 0 aromatic heterocycles. The van der Waals surface area contributed by atoms with Crippen molar-refractivity contribution in [3.63, 3.8) is 0 Å². The molecule has 1 aromatic rings. The van der Waals surface area contributed by atoms with Gasteiger partial charge in [-0.3, -0.25) is 14.5 Å². The lowest BCUT2D eigenvalue weighted by Crippen LogP contribution is -2.51. The number of amides is 2. The third-order valence-electron chi connectivity index (χ3n) is 3.78. The number of aryl methyl sites for hydroxylation is 1. The summed E-state index contributed by atoms with van der Waals surface area (Å²) in [6.07, 6.45) is 0. The maximum Gasteiger partial charge on any atom is 0.257 e. The van der Waals surface area contributed by atoms with Gasteiger partial charge < -0.3 is 15.3 Å². The molecule has 1 fully saturated rings. The third-order valence-corrected chi connectivity index (χ3v) is 3.78. The Kier molecular flexibility index (Phi) is 5.38. The number of carbonyl (C=O) groups is 2. The SMILES string of the molecule is CCNC(=O)CN1CCN(C(=O)c2ccc(C)cc2O)CC1. The third kappa shape index (κ3) is 3.98. The van der Waals surface area contributed by atoms with E-state index in [1.54, 1.807) is 17.0 Å². The number of benzene rings is 1. The molecule has 0 spiro atoms. The normalized spacial score (nSPS) is 15.6. The van der Waals surface area contributed by atoms with Crippen LogP contribution >= 0.6 is 0 Å². The number of rotatable bonds is 4. The fourth-order valence-corrected chi connectivity index (χ4v) is 2.56. The van der Waals surface area contributed by atoms with Crippen LogP contribution in [0.3, 0.4) is 0 Å². The first-order chi connectivity index (χ1) is 10.5. The minimum absolute atomic E-state index is 0.0125. The highest BCUT2D eigenvalue weighted by Crippen LogP contribution is 2.20. The van der Waals surface area contributed by atoms with Crippen molar-refractivity contribution in [1.29, 1.82) is 0 Å². The number of phenolic OH excluding ortho intramolecular Hbond substituents is 1. The second-order valence-corrected chi connectivity index (χ2v) is 5.54. The fourth-order valence-electron chi connectivity index (χ4n) is 2.56. The quantitative estimate of drug-likeness (QED) is 0.854. The average molecular weight is 305 g/mol. The second kappa shape index (κ2) is 7.26. The number of phenols is 1. The minimum Gasteiger partial charge on any atom is -0.507 e. The first-order valence-corrected chi connectivity index (χ1v) is 7.59. The second-order valence-electron chi connectivity index (χ2n) is 5.54. The predicted molar refractivity (Wildman–Crippen MR) is 83.9 cm³/mol. The zero-order valence-corrected chi connectivity index (χ0v) is 13.1. The molecule has 2 N–H and O–H groups in total. The van der Waals surface area contributed by atoms with Gasteiger partial charge in [-0.15, -0.1) is 0 Å². The van der Waals surface area contributed by atoms with Crippen LogP contribution in [0.4, 0.5) is 0 Å². The van der Waals surface area contributed by atoms with Crippen molar-refractivity contribution in [3.8, 4) is 5.75 Å². The van der Waals surface area contributed by atoms with Crippen LogP contribution in [-0.4, -0.2) is 66.0 Å². The van der Waals surface area contributed by atoms with E-state index in [1.165, 1.54) is 0 Å². The lowest BCUT2D eigenvalue weighted by molar-refractivity contribution is -0.122. The zero-order chi connectivity index (χ0) is 16.1. The van der Waals surface area contributed by atoms with Crippen LogP contribution < -0.4 is 5.32 Å². The van der Waals surface area contributed by atoms with Crippen molar-refractivity contribution in [2.24, 2.45) is 0 Å². The van der Waals surface area contributed by atoms with Gasteiger partial charge in [0, 0.05) is 32.7 Å². The highest BCUT2D eigenvalue weighted by atomic mass is 16.3. The molecular formula is C16H23N3O3. The van der Waals surface area contributed by atoms with E-state index in [2.05, 4.69) is 5.32 Å². The number of nitrogens with zero attached hydrogens (tertiary/aromatic N) is 2. The standard InChI is InChI=1S/C16H23N3O3/c1-3-17-15(21)11-18-6-8-19(9-7-18)16(22)13-5-4-12(2)10-14(13)20/h4-5,10,20H,3,6-9,11H2,1-2H3,(H,17,21). The Bertz CT molecular complexity index is 552. The molecule has 6 nitrogen and oxygen atoms in total. The lowest BCUT2D eigenvalue weighted by atomic mass is 10.1. The molecule has 2 rings (SSSR count). The van der Waals surface area contributed by atoms with Crippen LogP contribution in [0.1, 0.15) is 22.8 Å². The summed E-state index contributed by atoms with van der Waals surface area (Å²) in [5.74, 6) is -0.122. The summed E-state index contributed by atoms with van der Waals surface area (Å²) in [5, 5.41) is 12.7. The summed E-state index contributed by atoms with van der Waals surface area (Å²) in [5.41, 5.74) is 1.25. The number of carbonyl (C=O) groups excluding carboxylic acids is 2. The first-order valence-electron chi connectivity index (χ1n) is 7.59. The van der Waals surface area contributed by atoms with Gasteiger partial charge in [0.2, 0.25) is 5.91 Å². The molecular weight excluding hydrogens is 282 g/mol. The van der Waals surface area contributed by atoms with Gasteiger partial charge in [-0.1, -0.05) is 6.07 Å². The van der Waals surface area contributed by atoms with Crippen molar-refractivity contribution in [2.45, 2.75) is 13.8 Å². The Hall–Kier alpha value is -2.08.